The van der Waals surface area contributed by atoms with E-state index >= 15 is 0 Å². The first-order chi connectivity index (χ1) is 7.15. The third kappa shape index (κ3) is 4.12. The molecule has 1 fully saturated rings. The second-order valence-electron chi connectivity index (χ2n) is 5.44. The Morgan fingerprint density at radius 2 is 2.00 bits per heavy atom. The van der Waals surface area contributed by atoms with Crippen molar-refractivity contribution in [2.24, 2.45) is 11.8 Å². The van der Waals surface area contributed by atoms with Crippen molar-refractivity contribution in [3.8, 4) is 0 Å². The van der Waals surface area contributed by atoms with Crippen LogP contribution in [0.2, 0.25) is 0 Å². The van der Waals surface area contributed by atoms with E-state index < -0.39 is 0 Å². The summed E-state index contributed by atoms with van der Waals surface area (Å²) in [6.45, 7) is 10.8. The van der Waals surface area contributed by atoms with Gasteiger partial charge in [-0.05, 0) is 51.2 Å². The highest BCUT2D eigenvalue weighted by molar-refractivity contribution is 4.79. The fourth-order valence-electron chi connectivity index (χ4n) is 2.61. The lowest BCUT2D eigenvalue weighted by Gasteiger charge is -2.33. The molecule has 0 spiro atoms. The van der Waals surface area contributed by atoms with Crippen molar-refractivity contribution in [3.63, 3.8) is 0 Å². The summed E-state index contributed by atoms with van der Waals surface area (Å²) in [6, 6.07) is 0.722. The molecule has 0 radical (unpaired) electrons. The number of nitrogens with zero attached hydrogens (tertiary/aromatic N) is 1. The first-order valence-corrected chi connectivity index (χ1v) is 6.53. The number of hydrogen-bond acceptors (Lipinski definition) is 2. The number of hydrogen-bond donors (Lipinski definition) is 1. The molecule has 1 aliphatic rings. The smallest absolute Gasteiger partial charge is 0.0243 e. The van der Waals surface area contributed by atoms with Crippen LogP contribution in [0.25, 0.3) is 0 Å². The fraction of sp³-hybridized carbons (Fsp3) is 1.00. The number of nitrogens with one attached hydrogen (secondary N) is 1. The summed E-state index contributed by atoms with van der Waals surface area (Å²) in [5, 5.41) is 3.34. The second kappa shape index (κ2) is 6.49. The van der Waals surface area contributed by atoms with E-state index in [9.17, 15) is 0 Å². The monoisotopic (exact) mass is 212 g/mol. The van der Waals surface area contributed by atoms with Gasteiger partial charge in [0.15, 0.2) is 0 Å². The fourth-order valence-corrected chi connectivity index (χ4v) is 2.61. The first-order valence-electron chi connectivity index (χ1n) is 6.53. The summed E-state index contributed by atoms with van der Waals surface area (Å²) >= 11 is 0. The van der Waals surface area contributed by atoms with Gasteiger partial charge < -0.3 is 5.32 Å². The Hall–Kier alpha value is -0.0800. The predicted octanol–water partition coefficient (Wildman–Crippen LogP) is 2.35. The Bertz CT molecular complexity index is 168. The van der Waals surface area contributed by atoms with Crippen LogP contribution in [0.5, 0.6) is 0 Å². The molecule has 90 valence electrons. The Morgan fingerprint density at radius 3 is 2.60 bits per heavy atom. The van der Waals surface area contributed by atoms with Gasteiger partial charge in [-0.1, -0.05) is 20.8 Å². The van der Waals surface area contributed by atoms with E-state index in [-0.39, 0.29) is 0 Å². The Kier molecular flexibility index (Phi) is 5.62. The van der Waals surface area contributed by atoms with Gasteiger partial charge in [-0.25, -0.2) is 0 Å². The van der Waals surface area contributed by atoms with E-state index in [1.54, 1.807) is 0 Å². The molecule has 1 saturated heterocycles. The summed E-state index contributed by atoms with van der Waals surface area (Å²) in [6.07, 6.45) is 4.18. The summed E-state index contributed by atoms with van der Waals surface area (Å²) in [4.78, 5) is 2.70. The van der Waals surface area contributed by atoms with Crippen molar-refractivity contribution in [3.05, 3.63) is 0 Å². The van der Waals surface area contributed by atoms with Crippen LogP contribution in [-0.2, 0) is 0 Å². The first kappa shape index (κ1) is 13.0. The predicted molar refractivity (Wildman–Crippen MR) is 67.1 cm³/mol. The molecule has 2 heteroatoms. The van der Waals surface area contributed by atoms with E-state index in [0.29, 0.717) is 0 Å². The van der Waals surface area contributed by atoms with Crippen LogP contribution in [0.1, 0.15) is 40.0 Å². The zero-order valence-corrected chi connectivity index (χ0v) is 10.9. The van der Waals surface area contributed by atoms with Crippen LogP contribution in [0.15, 0.2) is 0 Å². The standard InChI is InChI=1S/C13H28N2/c1-11(2)13(10-14-4)15-8-5-6-12(3)7-9-15/h11-14H,5-10H2,1-4H3. The summed E-state index contributed by atoms with van der Waals surface area (Å²) < 4.78 is 0. The zero-order valence-electron chi connectivity index (χ0n) is 10.9. The molecule has 0 amide bonds. The maximum absolute atomic E-state index is 3.34. The third-order valence-electron chi connectivity index (χ3n) is 3.70. The molecule has 1 rings (SSSR count). The van der Waals surface area contributed by atoms with Crippen LogP contribution in [0.3, 0.4) is 0 Å². The summed E-state index contributed by atoms with van der Waals surface area (Å²) in [7, 11) is 2.07. The second-order valence-corrected chi connectivity index (χ2v) is 5.44. The highest BCUT2D eigenvalue weighted by Gasteiger charge is 2.23. The Balaban J connectivity index is 2.50. The maximum atomic E-state index is 3.34. The van der Waals surface area contributed by atoms with Gasteiger partial charge in [0.25, 0.3) is 0 Å². The topological polar surface area (TPSA) is 15.3 Å². The lowest BCUT2D eigenvalue weighted by molar-refractivity contribution is 0.157. The lowest BCUT2D eigenvalue weighted by Crippen LogP contribution is -2.45. The number of likely N-dealkylation sites (N-methyl/N-ethyl adjacent to an activating group) is 1. The molecular formula is C13H28N2. The van der Waals surface area contributed by atoms with Crippen LogP contribution in [-0.4, -0.2) is 37.6 Å². The van der Waals surface area contributed by atoms with Gasteiger partial charge in [0.05, 0.1) is 0 Å². The molecule has 15 heavy (non-hydrogen) atoms. The minimum atomic E-state index is 0.722. The summed E-state index contributed by atoms with van der Waals surface area (Å²) in [5.74, 6) is 1.68. The Morgan fingerprint density at radius 1 is 1.27 bits per heavy atom. The van der Waals surface area contributed by atoms with Crippen molar-refractivity contribution in [2.45, 2.75) is 46.1 Å². The van der Waals surface area contributed by atoms with Gasteiger partial charge in [0, 0.05) is 12.6 Å². The lowest BCUT2D eigenvalue weighted by atomic mass is 10.0. The molecule has 1 aliphatic heterocycles. The molecule has 0 aliphatic carbocycles. The van der Waals surface area contributed by atoms with Crippen molar-refractivity contribution in [1.82, 2.24) is 10.2 Å². The molecule has 0 aromatic carbocycles. The van der Waals surface area contributed by atoms with Crippen LogP contribution in [0, 0.1) is 11.8 Å². The van der Waals surface area contributed by atoms with E-state index in [1.165, 1.54) is 32.4 Å². The van der Waals surface area contributed by atoms with E-state index in [1.807, 2.05) is 0 Å². The van der Waals surface area contributed by atoms with Crippen molar-refractivity contribution >= 4 is 0 Å². The van der Waals surface area contributed by atoms with Gasteiger partial charge in [0.2, 0.25) is 0 Å². The van der Waals surface area contributed by atoms with Gasteiger partial charge in [0.1, 0.15) is 0 Å². The average Bonchev–Trinajstić information content (AvgIpc) is 2.39. The SMILES string of the molecule is CNCC(C(C)C)N1CCCC(C)CC1. The van der Waals surface area contributed by atoms with Gasteiger partial charge in [-0.2, -0.15) is 0 Å². The quantitative estimate of drug-likeness (QED) is 0.769. The molecule has 2 unspecified atom stereocenters. The van der Waals surface area contributed by atoms with Gasteiger partial charge in [-0.3, -0.25) is 4.90 Å². The molecule has 2 nitrogen and oxygen atoms in total. The molecular weight excluding hydrogens is 184 g/mol. The number of likely N-dealkylation sites (tertiary alicyclic amines) is 1. The third-order valence-corrected chi connectivity index (χ3v) is 3.70. The van der Waals surface area contributed by atoms with E-state index in [0.717, 1.165) is 24.4 Å². The molecule has 0 saturated carbocycles. The normalized spacial score (nSPS) is 26.6. The van der Waals surface area contributed by atoms with Crippen LogP contribution >= 0.6 is 0 Å². The number of rotatable bonds is 4. The molecule has 0 bridgehead atoms. The van der Waals surface area contributed by atoms with Crippen molar-refractivity contribution in [1.29, 1.82) is 0 Å². The van der Waals surface area contributed by atoms with Crippen molar-refractivity contribution in [2.75, 3.05) is 26.7 Å². The highest BCUT2D eigenvalue weighted by Crippen LogP contribution is 2.20. The molecule has 2 atom stereocenters. The minimum absolute atomic E-state index is 0.722. The van der Waals surface area contributed by atoms with E-state index in [4.69, 9.17) is 0 Å². The summed E-state index contributed by atoms with van der Waals surface area (Å²) in [5.41, 5.74) is 0. The minimum Gasteiger partial charge on any atom is -0.318 e. The molecule has 1 heterocycles. The molecule has 1 N–H and O–H groups in total. The van der Waals surface area contributed by atoms with Gasteiger partial charge >= 0.3 is 0 Å². The maximum Gasteiger partial charge on any atom is 0.0243 e. The molecule has 0 aromatic heterocycles. The van der Waals surface area contributed by atoms with Crippen molar-refractivity contribution < 1.29 is 0 Å². The molecule has 0 aromatic rings. The van der Waals surface area contributed by atoms with Gasteiger partial charge in [-0.15, -0.1) is 0 Å². The average molecular weight is 212 g/mol. The van der Waals surface area contributed by atoms with E-state index in [2.05, 4.69) is 38.0 Å². The van der Waals surface area contributed by atoms with Crippen LogP contribution < -0.4 is 5.32 Å². The Labute approximate surface area is 95.4 Å². The van der Waals surface area contributed by atoms with Crippen LogP contribution in [0.4, 0.5) is 0 Å². The largest absolute Gasteiger partial charge is 0.318 e. The zero-order chi connectivity index (χ0) is 11.3. The highest BCUT2D eigenvalue weighted by atomic mass is 15.2.